The van der Waals surface area contributed by atoms with E-state index in [0.717, 1.165) is 52.8 Å². The molecule has 23 nitrogen and oxygen atoms in total. The molecule has 0 unspecified atom stereocenters. The minimum Gasteiger partial charge on any atom is -0.400 e. The van der Waals surface area contributed by atoms with E-state index < -0.39 is 9.85 Å². The van der Waals surface area contributed by atoms with Crippen LogP contribution in [0.15, 0.2) is 177 Å². The van der Waals surface area contributed by atoms with Gasteiger partial charge >= 0.3 is 17.1 Å². The van der Waals surface area contributed by atoms with E-state index in [2.05, 4.69) is 55.5 Å². The van der Waals surface area contributed by atoms with Crippen molar-refractivity contribution >= 4 is 68.1 Å². The number of aliphatic hydroxyl groups excluding tert-OH is 1. The summed E-state index contributed by atoms with van der Waals surface area (Å²) in [7, 11) is 1.00. The molecule has 0 amide bonds. The third kappa shape index (κ3) is 17.8. The maximum absolute atomic E-state index is 11.8. The number of rotatable bonds is 7. The van der Waals surface area contributed by atoms with Crippen LogP contribution in [0.5, 0.6) is 0 Å². The Morgan fingerprint density at radius 2 is 1.03 bits per heavy atom. The van der Waals surface area contributed by atoms with Gasteiger partial charge in [-0.3, -0.25) is 64.7 Å². The molecule has 9 rings (SSSR count). The lowest BCUT2D eigenvalue weighted by molar-refractivity contribution is -0.385. The van der Waals surface area contributed by atoms with Crippen LogP contribution in [-0.2, 0) is 0 Å². The number of nitrogens with two attached hydrogens (primary N) is 2. The molecule has 0 aliphatic heterocycles. The van der Waals surface area contributed by atoms with Gasteiger partial charge in [-0.25, -0.2) is 4.79 Å². The molecule has 9 heterocycles. The first-order valence-corrected chi connectivity index (χ1v) is 19.6. The number of hydrogen-bond acceptors (Lipinski definition) is 19. The number of nitrogen functional groups attached to an aromatic ring is 2. The number of anilines is 6. The van der Waals surface area contributed by atoms with Gasteiger partial charge in [0.1, 0.15) is 23.1 Å². The summed E-state index contributed by atoms with van der Waals surface area (Å²) in [6.07, 6.45) is 25.1. The minimum absolute atomic E-state index is 0.0562. The van der Waals surface area contributed by atoms with Crippen molar-refractivity contribution in [2.45, 2.75) is 6.92 Å². The minimum atomic E-state index is -0.574. The van der Waals surface area contributed by atoms with Crippen molar-refractivity contribution in [3.05, 3.63) is 208 Å². The molecular weight excluding hydrogens is 898 g/mol. The van der Waals surface area contributed by atoms with Crippen LogP contribution >= 0.6 is 11.6 Å². The van der Waals surface area contributed by atoms with E-state index in [4.69, 9.17) is 33.4 Å². The summed E-state index contributed by atoms with van der Waals surface area (Å²) < 4.78 is 1.60. The molecule has 0 saturated carbocycles. The monoisotopic (exact) mass is 939 g/mol. The van der Waals surface area contributed by atoms with E-state index in [9.17, 15) is 25.0 Å². The SMILES string of the molecule is CC#N.CO.Nc1ccncc1.Nc1cnccc1Nc1ccncc1.O=[N+]([O-])c1cnccc1Cl.O=[N+]([O-])c1cnccc1Nc1ccncc1.O=c1[nH]c2cnccc2n1-c1ccncc1. The van der Waals surface area contributed by atoms with Gasteiger partial charge in [0.2, 0.25) is 0 Å². The average Bonchev–Trinajstić information content (AvgIpc) is 3.71. The smallest absolute Gasteiger partial charge is 0.331 e. The number of imidazole rings is 1. The second kappa shape index (κ2) is 29.6. The molecule has 0 radical (unpaired) electrons. The molecule has 24 heteroatoms. The van der Waals surface area contributed by atoms with E-state index in [-0.39, 0.29) is 22.1 Å². The van der Waals surface area contributed by atoms with Crippen molar-refractivity contribution in [3.63, 3.8) is 0 Å². The number of halogens is 1. The van der Waals surface area contributed by atoms with Crippen molar-refractivity contribution < 1.29 is 15.0 Å². The summed E-state index contributed by atoms with van der Waals surface area (Å²) in [6.45, 7) is 1.43. The fourth-order valence-corrected chi connectivity index (χ4v) is 5.09. The number of pyridine rings is 8. The Bertz CT molecular complexity index is 2980. The fraction of sp³-hybridized carbons (Fsp3) is 0.0455. The summed E-state index contributed by atoms with van der Waals surface area (Å²) >= 11 is 5.44. The van der Waals surface area contributed by atoms with Gasteiger partial charge in [0, 0.05) is 105 Å². The molecule has 68 heavy (non-hydrogen) atoms. The largest absolute Gasteiger partial charge is 0.400 e. The van der Waals surface area contributed by atoms with Crippen molar-refractivity contribution in [2.75, 3.05) is 29.2 Å². The van der Waals surface area contributed by atoms with Crippen LogP contribution in [-0.4, -0.2) is 71.5 Å². The molecule has 0 bridgehead atoms. The van der Waals surface area contributed by atoms with Gasteiger partial charge in [0.25, 0.3) is 0 Å². The molecule has 0 aromatic carbocycles. The number of aliphatic hydroxyl groups is 1. The van der Waals surface area contributed by atoms with Crippen molar-refractivity contribution in [1.82, 2.24) is 49.4 Å². The number of hydrogen-bond donors (Lipinski definition) is 6. The number of nitriles is 1. The molecule has 0 saturated heterocycles. The zero-order valence-electron chi connectivity index (χ0n) is 36.1. The molecule has 346 valence electrons. The van der Waals surface area contributed by atoms with E-state index in [1.54, 1.807) is 134 Å². The van der Waals surface area contributed by atoms with E-state index in [1.807, 2.05) is 18.2 Å². The molecule has 0 atom stereocenters. The van der Waals surface area contributed by atoms with Gasteiger partial charge in [-0.1, -0.05) is 11.6 Å². The third-order valence-electron chi connectivity index (χ3n) is 7.82. The van der Waals surface area contributed by atoms with E-state index in [0.29, 0.717) is 11.4 Å². The van der Waals surface area contributed by atoms with Crippen LogP contribution < -0.4 is 27.8 Å². The molecule has 8 N–H and O–H groups in total. The molecule has 0 aliphatic carbocycles. The summed E-state index contributed by atoms with van der Waals surface area (Å²) in [5.41, 5.74) is 17.3. The highest BCUT2D eigenvalue weighted by molar-refractivity contribution is 6.32. The number of aromatic amines is 1. The molecule has 0 aliphatic rings. The number of aromatic nitrogens is 10. The number of nitrogens with one attached hydrogen (secondary N) is 3. The molecule has 9 aromatic heterocycles. The summed E-state index contributed by atoms with van der Waals surface area (Å²) in [6, 6.07) is 22.6. The number of nitrogens with zero attached hydrogens (tertiary/aromatic N) is 12. The molecule has 0 spiro atoms. The summed E-state index contributed by atoms with van der Waals surface area (Å²) in [5, 5.41) is 41.4. The number of fused-ring (bicyclic) bond motifs is 1. The summed E-state index contributed by atoms with van der Waals surface area (Å²) in [4.78, 5) is 64.9. The normalized spacial score (nSPS) is 9.28. The highest BCUT2D eigenvalue weighted by Gasteiger charge is 2.13. The lowest BCUT2D eigenvalue weighted by Gasteiger charge is -2.07. The van der Waals surface area contributed by atoms with Crippen LogP contribution in [0.25, 0.3) is 16.7 Å². The first-order valence-electron chi connectivity index (χ1n) is 19.2. The fourth-order valence-electron chi connectivity index (χ4n) is 4.91. The molecule has 0 fully saturated rings. The topological polar surface area (TPSA) is 347 Å². The van der Waals surface area contributed by atoms with Crippen molar-refractivity contribution in [1.29, 1.82) is 5.26 Å². The average molecular weight is 940 g/mol. The van der Waals surface area contributed by atoms with Crippen LogP contribution in [0.2, 0.25) is 5.02 Å². The van der Waals surface area contributed by atoms with Gasteiger partial charge in [0.15, 0.2) is 0 Å². The predicted octanol–water partition coefficient (Wildman–Crippen LogP) is 7.48. The Hall–Kier alpha value is -9.79. The Morgan fingerprint density at radius 3 is 1.50 bits per heavy atom. The van der Waals surface area contributed by atoms with Crippen LogP contribution in [0.1, 0.15) is 6.92 Å². The lowest BCUT2D eigenvalue weighted by atomic mass is 10.3. The maximum Gasteiger partial charge on any atom is 0.331 e. The molecule has 9 aromatic rings. The van der Waals surface area contributed by atoms with E-state index >= 15 is 0 Å². The highest BCUT2D eigenvalue weighted by Crippen LogP contribution is 2.26. The molecular formula is C44H42ClN17O6. The van der Waals surface area contributed by atoms with Gasteiger partial charge in [-0.15, -0.1) is 0 Å². The second-order valence-electron chi connectivity index (χ2n) is 12.3. The zero-order chi connectivity index (χ0) is 49.5. The number of nitro groups is 2. The standard InChI is InChI=1S/C11H8N4O.C10H8N4O2.C10H10N4.C5H3ClN2O2.C5H6N2.C2H3N.CH4O/c16-11-14-9-7-13-6-3-10(9)15(11)8-1-4-12-5-2-8;15-14(16)10-7-12-6-3-9(10)13-8-1-4-11-5-2-8;11-9-7-13-6-3-10(9)14-8-1-4-12-5-2-8;6-4-1-2-7-3-5(4)8(9)10;6-5-1-3-7-4-2-5;1-2-3;1-2/h1-7H,(H,14,16);1-7H,(H,11,12,13);1-7H,11H2,(H,12,13,14);1-3H;1-4H,(H2,6,7);1H3;2H,1H3. The lowest BCUT2D eigenvalue weighted by Crippen LogP contribution is -2.14. The highest BCUT2D eigenvalue weighted by atomic mass is 35.5. The van der Waals surface area contributed by atoms with Crippen molar-refractivity contribution in [2.24, 2.45) is 0 Å². The predicted molar refractivity (Wildman–Crippen MR) is 258 cm³/mol. The van der Waals surface area contributed by atoms with Gasteiger partial charge in [-0.2, -0.15) is 5.26 Å². The van der Waals surface area contributed by atoms with Crippen LogP contribution in [0.4, 0.5) is 45.5 Å². The van der Waals surface area contributed by atoms with Crippen LogP contribution in [0, 0.1) is 31.6 Å². The Labute approximate surface area is 392 Å². The number of H-pyrrole nitrogens is 1. The first-order chi connectivity index (χ1) is 33.0. The van der Waals surface area contributed by atoms with Crippen LogP contribution in [0.3, 0.4) is 0 Å². The summed E-state index contributed by atoms with van der Waals surface area (Å²) in [5.74, 6) is 0. The Morgan fingerprint density at radius 1 is 0.618 bits per heavy atom. The van der Waals surface area contributed by atoms with Gasteiger partial charge in [-0.05, 0) is 72.8 Å². The van der Waals surface area contributed by atoms with Gasteiger partial charge < -0.3 is 32.2 Å². The third-order valence-corrected chi connectivity index (χ3v) is 8.14. The Balaban J connectivity index is 0.000000225. The zero-order valence-corrected chi connectivity index (χ0v) is 36.8. The second-order valence-corrected chi connectivity index (χ2v) is 12.7. The quantitative estimate of drug-likeness (QED) is 0.0665. The first kappa shape index (κ1) is 52.6. The van der Waals surface area contributed by atoms with Crippen molar-refractivity contribution in [3.8, 4) is 11.8 Å². The maximum atomic E-state index is 11.8. The van der Waals surface area contributed by atoms with E-state index in [1.165, 1.54) is 31.6 Å². The van der Waals surface area contributed by atoms with Gasteiger partial charge in [0.05, 0.1) is 56.4 Å². The Kier molecular flexibility index (Phi) is 22.8.